The van der Waals surface area contributed by atoms with Gasteiger partial charge in [0.15, 0.2) is 6.29 Å². The van der Waals surface area contributed by atoms with Crippen LogP contribution in [0.4, 0.5) is 0 Å². The van der Waals surface area contributed by atoms with E-state index in [2.05, 4.69) is 5.10 Å². The molecule has 0 aliphatic carbocycles. The second-order valence-electron chi connectivity index (χ2n) is 4.11. The van der Waals surface area contributed by atoms with Gasteiger partial charge < -0.3 is 0 Å². The van der Waals surface area contributed by atoms with Crippen LogP contribution in [0.2, 0.25) is 0 Å². The minimum absolute atomic E-state index is 0.179. The molecule has 0 bridgehead atoms. The molecule has 0 spiro atoms. The summed E-state index contributed by atoms with van der Waals surface area (Å²) in [5, 5.41) is 4.14. The number of carbonyl (C=O) groups excluding carboxylic acids is 1. The van der Waals surface area contributed by atoms with Gasteiger partial charge >= 0.3 is 0 Å². The highest BCUT2D eigenvalue weighted by atomic mass is 32.2. The molecular formula is C12H12N2O4S. The summed E-state index contributed by atoms with van der Waals surface area (Å²) in [7, 11) is -4.23. The second kappa shape index (κ2) is 4.94. The molecule has 100 valence electrons. The minimum Gasteiger partial charge on any atom is -0.296 e. The van der Waals surface area contributed by atoms with Crippen molar-refractivity contribution in [3.63, 3.8) is 0 Å². The molecule has 1 heterocycles. The van der Waals surface area contributed by atoms with Crippen molar-refractivity contribution in [2.75, 3.05) is 0 Å². The summed E-state index contributed by atoms with van der Waals surface area (Å²) in [4.78, 5) is 10.7. The Kier molecular flexibility index (Phi) is 3.50. The Balaban J connectivity index is 2.36. The maximum absolute atomic E-state index is 11.0. The molecule has 2 aromatic rings. The molecular weight excluding hydrogens is 268 g/mol. The highest BCUT2D eigenvalue weighted by Gasteiger charge is 2.11. The summed E-state index contributed by atoms with van der Waals surface area (Å²) >= 11 is 0. The van der Waals surface area contributed by atoms with E-state index >= 15 is 0 Å². The predicted octanol–water partition coefficient (Wildman–Crippen LogP) is 1.30. The Labute approximate surface area is 110 Å². The lowest BCUT2D eigenvalue weighted by Gasteiger charge is -2.05. The summed E-state index contributed by atoms with van der Waals surface area (Å²) < 4.78 is 32.5. The molecule has 0 saturated carbocycles. The Bertz CT molecular complexity index is 719. The third-order valence-corrected chi connectivity index (χ3v) is 3.43. The van der Waals surface area contributed by atoms with Crippen molar-refractivity contribution in [2.45, 2.75) is 18.4 Å². The van der Waals surface area contributed by atoms with Gasteiger partial charge in [-0.25, -0.2) is 0 Å². The van der Waals surface area contributed by atoms with Crippen molar-refractivity contribution in [1.29, 1.82) is 0 Å². The first-order valence-corrected chi connectivity index (χ1v) is 6.90. The number of hydrogen-bond donors (Lipinski definition) is 1. The fourth-order valence-corrected chi connectivity index (χ4v) is 2.32. The van der Waals surface area contributed by atoms with Crippen LogP contribution < -0.4 is 0 Å². The molecule has 1 N–H and O–H groups in total. The highest BCUT2D eigenvalue weighted by molar-refractivity contribution is 7.85. The molecule has 7 heteroatoms. The maximum Gasteiger partial charge on any atom is 0.294 e. The first kappa shape index (κ1) is 13.4. The van der Waals surface area contributed by atoms with Gasteiger partial charge in [-0.2, -0.15) is 13.5 Å². The van der Waals surface area contributed by atoms with Gasteiger partial charge in [0, 0.05) is 0 Å². The monoisotopic (exact) mass is 280 g/mol. The van der Waals surface area contributed by atoms with Crippen LogP contribution >= 0.6 is 0 Å². The van der Waals surface area contributed by atoms with Gasteiger partial charge in [-0.3, -0.25) is 14.0 Å². The number of aldehydes is 1. The van der Waals surface area contributed by atoms with E-state index in [1.54, 1.807) is 19.1 Å². The molecule has 1 aromatic heterocycles. The van der Waals surface area contributed by atoms with Gasteiger partial charge in [0.2, 0.25) is 0 Å². The lowest BCUT2D eigenvalue weighted by Crippen LogP contribution is -2.07. The number of hydrogen-bond acceptors (Lipinski definition) is 4. The smallest absolute Gasteiger partial charge is 0.294 e. The quantitative estimate of drug-likeness (QED) is 0.673. The molecule has 0 radical (unpaired) electrons. The van der Waals surface area contributed by atoms with Crippen molar-refractivity contribution < 1.29 is 17.8 Å². The summed E-state index contributed by atoms with van der Waals surface area (Å²) in [5.74, 6) is 0. The normalized spacial score (nSPS) is 11.5. The average Bonchev–Trinajstić information content (AvgIpc) is 2.69. The predicted molar refractivity (Wildman–Crippen MR) is 67.7 cm³/mol. The number of nitrogens with zero attached hydrogens (tertiary/aromatic N) is 2. The van der Waals surface area contributed by atoms with Gasteiger partial charge in [0.1, 0.15) is 5.69 Å². The second-order valence-corrected chi connectivity index (χ2v) is 5.53. The summed E-state index contributed by atoms with van der Waals surface area (Å²) in [6.45, 7) is 2.02. The molecule has 0 amide bonds. The third kappa shape index (κ3) is 3.07. The average molecular weight is 280 g/mol. The van der Waals surface area contributed by atoms with Crippen LogP contribution in [0.3, 0.4) is 0 Å². The molecule has 0 atom stereocenters. The van der Waals surface area contributed by atoms with Gasteiger partial charge in [-0.05, 0) is 30.7 Å². The first-order valence-electron chi connectivity index (χ1n) is 5.46. The van der Waals surface area contributed by atoms with Gasteiger partial charge in [0.05, 0.1) is 17.1 Å². The topological polar surface area (TPSA) is 89.3 Å². The zero-order valence-electron chi connectivity index (χ0n) is 10.1. The molecule has 1 aromatic carbocycles. The number of aryl methyl sites for hydroxylation is 1. The van der Waals surface area contributed by atoms with Crippen LogP contribution in [-0.4, -0.2) is 29.0 Å². The standard InChI is InChI=1S/C12H12N2O4S/c1-9-5-11(8-15)14(13-9)7-10-3-2-4-12(6-10)19(16,17)18/h2-6,8H,7H2,1H3,(H,16,17,18). The fourth-order valence-electron chi connectivity index (χ4n) is 1.76. The Morgan fingerprint density at radius 2 is 2.11 bits per heavy atom. The SMILES string of the molecule is Cc1cc(C=O)n(Cc2cccc(S(=O)(=O)O)c2)n1. The van der Waals surface area contributed by atoms with E-state index < -0.39 is 10.1 Å². The maximum atomic E-state index is 11.0. The summed E-state index contributed by atoms with van der Waals surface area (Å²) in [5.41, 5.74) is 1.74. The third-order valence-electron chi connectivity index (χ3n) is 2.58. The van der Waals surface area contributed by atoms with Crippen molar-refractivity contribution >= 4 is 16.4 Å². The van der Waals surface area contributed by atoms with E-state index in [9.17, 15) is 13.2 Å². The van der Waals surface area contributed by atoms with E-state index in [1.165, 1.54) is 22.9 Å². The number of benzene rings is 1. The number of aromatic nitrogens is 2. The lowest BCUT2D eigenvalue weighted by atomic mass is 10.2. The van der Waals surface area contributed by atoms with Crippen LogP contribution in [0.25, 0.3) is 0 Å². The first-order chi connectivity index (χ1) is 8.90. The zero-order chi connectivity index (χ0) is 14.0. The van der Waals surface area contributed by atoms with Gasteiger partial charge in [0.25, 0.3) is 10.1 Å². The van der Waals surface area contributed by atoms with Crippen LogP contribution in [0, 0.1) is 6.92 Å². The van der Waals surface area contributed by atoms with Crippen LogP contribution in [-0.2, 0) is 16.7 Å². The number of rotatable bonds is 4. The van der Waals surface area contributed by atoms with E-state index in [0.29, 0.717) is 23.2 Å². The Morgan fingerprint density at radius 1 is 1.37 bits per heavy atom. The van der Waals surface area contributed by atoms with Gasteiger partial charge in [-0.1, -0.05) is 12.1 Å². The molecule has 0 unspecified atom stereocenters. The number of carbonyl (C=O) groups is 1. The molecule has 2 rings (SSSR count). The van der Waals surface area contributed by atoms with E-state index in [1.807, 2.05) is 0 Å². The summed E-state index contributed by atoms with van der Waals surface area (Å²) in [6, 6.07) is 7.50. The minimum atomic E-state index is -4.23. The van der Waals surface area contributed by atoms with Crippen molar-refractivity contribution in [1.82, 2.24) is 9.78 Å². The summed E-state index contributed by atoms with van der Waals surface area (Å²) in [6.07, 6.45) is 0.687. The van der Waals surface area contributed by atoms with E-state index in [4.69, 9.17) is 4.55 Å². The largest absolute Gasteiger partial charge is 0.296 e. The van der Waals surface area contributed by atoms with Crippen LogP contribution in [0.15, 0.2) is 35.2 Å². The Morgan fingerprint density at radius 3 is 2.74 bits per heavy atom. The lowest BCUT2D eigenvalue weighted by molar-refractivity contribution is 0.111. The van der Waals surface area contributed by atoms with Crippen molar-refractivity contribution in [3.05, 3.63) is 47.3 Å². The van der Waals surface area contributed by atoms with Crippen molar-refractivity contribution in [3.8, 4) is 0 Å². The molecule has 6 nitrogen and oxygen atoms in total. The molecule has 0 aliphatic heterocycles. The molecule has 0 fully saturated rings. The highest BCUT2D eigenvalue weighted by Crippen LogP contribution is 2.13. The van der Waals surface area contributed by atoms with E-state index in [0.717, 1.165) is 0 Å². The molecule has 0 aliphatic rings. The molecule has 0 saturated heterocycles. The van der Waals surface area contributed by atoms with Crippen LogP contribution in [0.1, 0.15) is 21.7 Å². The van der Waals surface area contributed by atoms with E-state index in [-0.39, 0.29) is 11.4 Å². The van der Waals surface area contributed by atoms with Crippen LogP contribution in [0.5, 0.6) is 0 Å². The Hall–Kier alpha value is -1.99. The zero-order valence-corrected chi connectivity index (χ0v) is 11.0. The fraction of sp³-hybridized carbons (Fsp3) is 0.167. The van der Waals surface area contributed by atoms with Gasteiger partial charge in [-0.15, -0.1) is 0 Å². The molecule has 19 heavy (non-hydrogen) atoms. The van der Waals surface area contributed by atoms with Crippen molar-refractivity contribution in [2.24, 2.45) is 0 Å².